The Kier molecular flexibility index (Phi) is 5.59. The Hall–Kier alpha value is -2.37. The van der Waals surface area contributed by atoms with E-state index in [-0.39, 0.29) is 5.41 Å². The number of rotatable bonds is 4. The van der Waals surface area contributed by atoms with Gasteiger partial charge in [-0.2, -0.15) is 5.10 Å². The predicted molar refractivity (Wildman–Crippen MR) is 105 cm³/mol. The Morgan fingerprint density at radius 2 is 2.04 bits per heavy atom. The lowest BCUT2D eigenvalue weighted by atomic mass is 9.87. The van der Waals surface area contributed by atoms with E-state index in [0.717, 1.165) is 37.7 Å². The molecule has 1 aliphatic heterocycles. The molecule has 2 aromatic rings. The van der Waals surface area contributed by atoms with Crippen molar-refractivity contribution in [2.75, 3.05) is 6.54 Å². The molecule has 0 amide bonds. The van der Waals surface area contributed by atoms with Crippen LogP contribution in [0.4, 0.5) is 0 Å². The van der Waals surface area contributed by atoms with E-state index >= 15 is 0 Å². The Labute approximate surface area is 156 Å². The number of aryl methyl sites for hydroxylation is 1. The second-order valence-corrected chi connectivity index (χ2v) is 7.88. The first kappa shape index (κ1) is 18.4. The molecule has 0 fully saturated rings. The number of nitrogens with one attached hydrogen (secondary N) is 2. The molecular formula is C20H30N6. The third-order valence-electron chi connectivity index (χ3n) is 4.73. The number of hydrogen-bond donors (Lipinski definition) is 2. The van der Waals surface area contributed by atoms with Crippen molar-refractivity contribution in [3.8, 4) is 0 Å². The van der Waals surface area contributed by atoms with Crippen LogP contribution < -0.4 is 10.6 Å². The third-order valence-corrected chi connectivity index (χ3v) is 4.73. The summed E-state index contributed by atoms with van der Waals surface area (Å²) in [5.74, 6) is 1.94. The van der Waals surface area contributed by atoms with Crippen LogP contribution in [-0.4, -0.2) is 33.3 Å². The fourth-order valence-electron chi connectivity index (χ4n) is 3.15. The lowest BCUT2D eigenvalue weighted by Crippen LogP contribution is -2.47. The summed E-state index contributed by atoms with van der Waals surface area (Å²) >= 11 is 0. The van der Waals surface area contributed by atoms with Gasteiger partial charge in [0.05, 0.1) is 13.1 Å². The van der Waals surface area contributed by atoms with Crippen LogP contribution in [-0.2, 0) is 24.9 Å². The molecule has 1 atom stereocenters. The van der Waals surface area contributed by atoms with Gasteiger partial charge in [-0.1, -0.05) is 45.0 Å². The standard InChI is InChI=1S/C20H30N6/c1-5-21-19(25-17-10-11-18-23-14-24-26(18)13-17)22-12-15-6-8-16(9-7-15)20(2,3)4/h6-9,14,17H,5,10-13H2,1-4H3,(H2,21,22,25). The van der Waals surface area contributed by atoms with Crippen LogP contribution in [0.25, 0.3) is 0 Å². The second kappa shape index (κ2) is 7.89. The van der Waals surface area contributed by atoms with E-state index in [0.29, 0.717) is 12.6 Å². The maximum Gasteiger partial charge on any atom is 0.191 e. The van der Waals surface area contributed by atoms with E-state index in [2.05, 4.69) is 72.7 Å². The van der Waals surface area contributed by atoms with Crippen LogP contribution in [0.3, 0.4) is 0 Å². The van der Waals surface area contributed by atoms with Crippen molar-refractivity contribution < 1.29 is 0 Å². The van der Waals surface area contributed by atoms with Gasteiger partial charge >= 0.3 is 0 Å². The number of aliphatic imine (C=N–C) groups is 1. The summed E-state index contributed by atoms with van der Waals surface area (Å²) in [6, 6.07) is 9.09. The van der Waals surface area contributed by atoms with Crippen LogP contribution in [0.15, 0.2) is 35.6 Å². The maximum atomic E-state index is 4.76. The predicted octanol–water partition coefficient (Wildman–Crippen LogP) is 2.65. The molecule has 0 aliphatic carbocycles. The average molecular weight is 355 g/mol. The topological polar surface area (TPSA) is 67.1 Å². The Bertz CT molecular complexity index is 738. The van der Waals surface area contributed by atoms with Gasteiger partial charge in [-0.25, -0.2) is 14.7 Å². The zero-order valence-electron chi connectivity index (χ0n) is 16.3. The van der Waals surface area contributed by atoms with Gasteiger partial charge in [0.25, 0.3) is 0 Å². The lowest BCUT2D eigenvalue weighted by molar-refractivity contribution is 0.392. The zero-order chi connectivity index (χ0) is 18.6. The van der Waals surface area contributed by atoms with E-state index in [4.69, 9.17) is 4.99 Å². The molecule has 0 saturated carbocycles. The largest absolute Gasteiger partial charge is 0.357 e. The average Bonchev–Trinajstić information content (AvgIpc) is 3.07. The van der Waals surface area contributed by atoms with E-state index in [1.54, 1.807) is 6.33 Å². The summed E-state index contributed by atoms with van der Waals surface area (Å²) < 4.78 is 1.98. The van der Waals surface area contributed by atoms with Gasteiger partial charge in [-0.05, 0) is 29.9 Å². The molecule has 3 rings (SSSR count). The van der Waals surface area contributed by atoms with Crippen LogP contribution >= 0.6 is 0 Å². The molecular weight excluding hydrogens is 324 g/mol. The zero-order valence-corrected chi connectivity index (χ0v) is 16.3. The number of fused-ring (bicyclic) bond motifs is 1. The van der Waals surface area contributed by atoms with Crippen LogP contribution in [0.5, 0.6) is 0 Å². The third kappa shape index (κ3) is 4.62. The van der Waals surface area contributed by atoms with Gasteiger partial charge in [0, 0.05) is 19.0 Å². The molecule has 0 saturated heterocycles. The SMILES string of the molecule is CCNC(=NCc1ccc(C(C)(C)C)cc1)NC1CCc2ncnn2C1. The minimum atomic E-state index is 0.180. The van der Waals surface area contributed by atoms with E-state index in [9.17, 15) is 0 Å². The minimum Gasteiger partial charge on any atom is -0.357 e. The van der Waals surface area contributed by atoms with Gasteiger partial charge in [0.1, 0.15) is 12.2 Å². The van der Waals surface area contributed by atoms with E-state index < -0.39 is 0 Å². The first-order valence-electron chi connectivity index (χ1n) is 9.46. The quantitative estimate of drug-likeness (QED) is 0.654. The molecule has 1 aromatic carbocycles. The molecule has 6 heteroatoms. The molecule has 1 unspecified atom stereocenters. The van der Waals surface area contributed by atoms with Crippen LogP contribution in [0.2, 0.25) is 0 Å². The number of guanidine groups is 1. The minimum absolute atomic E-state index is 0.180. The number of nitrogens with zero attached hydrogens (tertiary/aromatic N) is 4. The van der Waals surface area contributed by atoms with Crippen LogP contribution in [0.1, 0.15) is 51.1 Å². The molecule has 0 radical (unpaired) electrons. The molecule has 0 spiro atoms. The molecule has 2 heterocycles. The summed E-state index contributed by atoms with van der Waals surface area (Å²) in [5.41, 5.74) is 2.75. The molecule has 1 aromatic heterocycles. The molecule has 0 bridgehead atoms. The summed E-state index contributed by atoms with van der Waals surface area (Å²) in [6.45, 7) is 11.1. The van der Waals surface area contributed by atoms with Gasteiger partial charge in [-0.15, -0.1) is 0 Å². The second-order valence-electron chi connectivity index (χ2n) is 7.88. The van der Waals surface area contributed by atoms with Crippen molar-refractivity contribution in [3.63, 3.8) is 0 Å². The smallest absolute Gasteiger partial charge is 0.191 e. The summed E-state index contributed by atoms with van der Waals surface area (Å²) in [5, 5.41) is 11.2. The molecule has 140 valence electrons. The lowest BCUT2D eigenvalue weighted by Gasteiger charge is -2.25. The highest BCUT2D eigenvalue weighted by atomic mass is 15.4. The molecule has 6 nitrogen and oxygen atoms in total. The Morgan fingerprint density at radius 3 is 2.73 bits per heavy atom. The van der Waals surface area contributed by atoms with Crippen molar-refractivity contribution in [3.05, 3.63) is 47.5 Å². The van der Waals surface area contributed by atoms with Crippen molar-refractivity contribution in [2.24, 2.45) is 4.99 Å². The fourth-order valence-corrected chi connectivity index (χ4v) is 3.15. The van der Waals surface area contributed by atoms with E-state index in [1.807, 2.05) is 4.68 Å². The van der Waals surface area contributed by atoms with Crippen molar-refractivity contribution in [1.82, 2.24) is 25.4 Å². The Balaban J connectivity index is 1.62. The molecule has 2 N–H and O–H groups in total. The highest BCUT2D eigenvalue weighted by Crippen LogP contribution is 2.22. The monoisotopic (exact) mass is 354 g/mol. The van der Waals surface area contributed by atoms with Crippen molar-refractivity contribution in [1.29, 1.82) is 0 Å². The summed E-state index contributed by atoms with van der Waals surface area (Å²) in [6.07, 6.45) is 3.63. The summed E-state index contributed by atoms with van der Waals surface area (Å²) in [4.78, 5) is 9.05. The number of aromatic nitrogens is 3. The number of hydrogen-bond acceptors (Lipinski definition) is 3. The van der Waals surface area contributed by atoms with Gasteiger partial charge in [-0.3, -0.25) is 0 Å². The Morgan fingerprint density at radius 1 is 1.27 bits per heavy atom. The first-order chi connectivity index (χ1) is 12.5. The van der Waals surface area contributed by atoms with Crippen molar-refractivity contribution >= 4 is 5.96 Å². The van der Waals surface area contributed by atoms with E-state index in [1.165, 1.54) is 11.1 Å². The van der Waals surface area contributed by atoms with Crippen molar-refractivity contribution in [2.45, 2.75) is 65.1 Å². The molecule has 1 aliphatic rings. The maximum absolute atomic E-state index is 4.76. The van der Waals surface area contributed by atoms with Gasteiger partial charge < -0.3 is 10.6 Å². The normalized spacial score (nSPS) is 17.7. The van der Waals surface area contributed by atoms with Gasteiger partial charge in [0.15, 0.2) is 5.96 Å². The first-order valence-corrected chi connectivity index (χ1v) is 9.46. The van der Waals surface area contributed by atoms with Gasteiger partial charge in [0.2, 0.25) is 0 Å². The number of benzene rings is 1. The highest BCUT2D eigenvalue weighted by molar-refractivity contribution is 5.80. The summed E-state index contributed by atoms with van der Waals surface area (Å²) in [7, 11) is 0. The van der Waals surface area contributed by atoms with Crippen LogP contribution in [0, 0.1) is 0 Å². The fraction of sp³-hybridized carbons (Fsp3) is 0.550. The molecule has 26 heavy (non-hydrogen) atoms. The highest BCUT2D eigenvalue weighted by Gasteiger charge is 2.20.